The first-order valence-corrected chi connectivity index (χ1v) is 3.84. The highest BCUT2D eigenvalue weighted by Crippen LogP contribution is 2.28. The average Bonchev–Trinajstić information content (AvgIpc) is 2.16. The van der Waals surface area contributed by atoms with Gasteiger partial charge in [0.05, 0.1) is 10.5 Å². The van der Waals surface area contributed by atoms with Gasteiger partial charge in [0.2, 0.25) is 5.75 Å². The molecule has 8 heteroatoms. The summed E-state index contributed by atoms with van der Waals surface area (Å²) < 4.78 is 4.12. The minimum Gasteiger partial charge on any atom is -0.478 e. The van der Waals surface area contributed by atoms with Gasteiger partial charge in [-0.1, -0.05) is 0 Å². The lowest BCUT2D eigenvalue weighted by Crippen LogP contribution is -2.06. The van der Waals surface area contributed by atoms with Crippen LogP contribution in [-0.4, -0.2) is 27.3 Å². The predicted molar refractivity (Wildman–Crippen MR) is 48.7 cm³/mol. The maximum Gasteiger partial charge on any atom is 0.511 e. The molecule has 0 atom stereocenters. The molecule has 1 aromatic rings. The Balaban J connectivity index is 3.24. The molecule has 0 aliphatic rings. The maximum absolute atomic E-state index is 10.5. The first-order valence-electron chi connectivity index (χ1n) is 3.84. The van der Waals surface area contributed by atoms with Crippen molar-refractivity contribution in [2.45, 2.75) is 0 Å². The number of aromatic carboxylic acids is 1. The second kappa shape index (κ2) is 4.26. The maximum atomic E-state index is 10.5. The van der Waals surface area contributed by atoms with Gasteiger partial charge in [0.15, 0.2) is 0 Å². The zero-order valence-corrected chi connectivity index (χ0v) is 7.61. The van der Waals surface area contributed by atoms with E-state index in [1.165, 1.54) is 0 Å². The highest BCUT2D eigenvalue weighted by atomic mass is 16.7. The van der Waals surface area contributed by atoms with E-state index in [2.05, 4.69) is 4.74 Å². The van der Waals surface area contributed by atoms with Gasteiger partial charge in [-0.15, -0.1) is 0 Å². The second-order valence-corrected chi connectivity index (χ2v) is 2.61. The molecule has 1 rings (SSSR count). The molecule has 0 fully saturated rings. The molecule has 0 spiro atoms. The number of carboxylic acids is 1. The Labute approximate surface area is 87.8 Å². The fourth-order valence-corrected chi connectivity index (χ4v) is 0.973. The van der Waals surface area contributed by atoms with Gasteiger partial charge < -0.3 is 14.9 Å². The predicted octanol–water partition coefficient (Wildman–Crippen LogP) is 1.35. The summed E-state index contributed by atoms with van der Waals surface area (Å²) in [5.41, 5.74) is -1.05. The molecule has 8 nitrogen and oxygen atoms in total. The van der Waals surface area contributed by atoms with E-state index in [4.69, 9.17) is 10.2 Å². The lowest BCUT2D eigenvalue weighted by Gasteiger charge is -2.01. The van der Waals surface area contributed by atoms with Gasteiger partial charge in [-0.05, 0) is 12.1 Å². The molecule has 0 bridgehead atoms. The minimum absolute atomic E-state index is 0.329. The van der Waals surface area contributed by atoms with Crippen molar-refractivity contribution in [1.82, 2.24) is 0 Å². The molecule has 2 N–H and O–H groups in total. The SMILES string of the molecule is O=C(O)Oc1ccc(C(=O)O)cc1[N+](=O)[O-]. The molecular formula is C8H5NO7. The molecule has 0 saturated carbocycles. The molecule has 0 unspecified atom stereocenters. The zero-order chi connectivity index (χ0) is 12.3. The fourth-order valence-electron chi connectivity index (χ4n) is 0.973. The molecule has 1 aromatic carbocycles. The fraction of sp³-hybridized carbons (Fsp3) is 0. The van der Waals surface area contributed by atoms with E-state index in [9.17, 15) is 19.7 Å². The number of nitro groups is 1. The number of carboxylic acid groups (broad SMARTS) is 2. The topological polar surface area (TPSA) is 127 Å². The molecule has 0 aliphatic carbocycles. The summed E-state index contributed by atoms with van der Waals surface area (Å²) in [5, 5.41) is 27.4. The third-order valence-electron chi connectivity index (χ3n) is 1.60. The number of carbonyl (C=O) groups is 2. The van der Waals surface area contributed by atoms with E-state index >= 15 is 0 Å². The van der Waals surface area contributed by atoms with E-state index in [0.29, 0.717) is 0 Å². The van der Waals surface area contributed by atoms with Crippen LogP contribution in [0.4, 0.5) is 10.5 Å². The Morgan fingerprint density at radius 2 is 1.94 bits per heavy atom. The van der Waals surface area contributed by atoms with Gasteiger partial charge in [-0.2, -0.15) is 0 Å². The second-order valence-electron chi connectivity index (χ2n) is 2.61. The number of ether oxygens (including phenoxy) is 1. The van der Waals surface area contributed by atoms with E-state index in [-0.39, 0.29) is 5.56 Å². The smallest absolute Gasteiger partial charge is 0.478 e. The number of nitro benzene ring substituents is 1. The summed E-state index contributed by atoms with van der Waals surface area (Å²) in [6.45, 7) is 0. The summed E-state index contributed by atoms with van der Waals surface area (Å²) >= 11 is 0. The van der Waals surface area contributed by atoms with Crippen molar-refractivity contribution in [3.05, 3.63) is 33.9 Å². The van der Waals surface area contributed by atoms with E-state index in [0.717, 1.165) is 18.2 Å². The largest absolute Gasteiger partial charge is 0.511 e. The summed E-state index contributed by atoms with van der Waals surface area (Å²) in [4.78, 5) is 30.3. The summed E-state index contributed by atoms with van der Waals surface area (Å²) in [5.74, 6) is -1.88. The number of hydrogen-bond donors (Lipinski definition) is 2. The third-order valence-corrected chi connectivity index (χ3v) is 1.60. The van der Waals surface area contributed by atoms with Gasteiger partial charge in [-0.3, -0.25) is 10.1 Å². The van der Waals surface area contributed by atoms with Crippen LogP contribution in [0, 0.1) is 10.1 Å². The van der Waals surface area contributed by atoms with Crippen LogP contribution in [0.3, 0.4) is 0 Å². The molecule has 0 aromatic heterocycles. The lowest BCUT2D eigenvalue weighted by molar-refractivity contribution is -0.385. The van der Waals surface area contributed by atoms with E-state index < -0.39 is 28.5 Å². The normalized spacial score (nSPS) is 9.50. The van der Waals surface area contributed by atoms with Crippen molar-refractivity contribution in [2.75, 3.05) is 0 Å². The van der Waals surface area contributed by atoms with Crippen LogP contribution in [0.5, 0.6) is 5.75 Å². The van der Waals surface area contributed by atoms with Crippen molar-refractivity contribution >= 4 is 17.8 Å². The molecular weight excluding hydrogens is 222 g/mol. The number of benzene rings is 1. The van der Waals surface area contributed by atoms with E-state index in [1.807, 2.05) is 0 Å². The first-order chi connectivity index (χ1) is 7.41. The first kappa shape index (κ1) is 11.4. The number of hydrogen-bond acceptors (Lipinski definition) is 5. The van der Waals surface area contributed by atoms with Crippen LogP contribution in [0.15, 0.2) is 18.2 Å². The van der Waals surface area contributed by atoms with Gasteiger partial charge in [0, 0.05) is 6.07 Å². The Bertz CT molecular complexity index is 467. The number of nitrogens with zero attached hydrogens (tertiary/aromatic N) is 1. The summed E-state index contributed by atoms with van der Waals surface area (Å²) in [7, 11) is 0. The van der Waals surface area contributed by atoms with E-state index in [1.54, 1.807) is 0 Å². The highest BCUT2D eigenvalue weighted by Gasteiger charge is 2.20. The average molecular weight is 227 g/mol. The number of rotatable bonds is 3. The van der Waals surface area contributed by atoms with Crippen LogP contribution in [0.1, 0.15) is 10.4 Å². The molecule has 0 radical (unpaired) electrons. The third kappa shape index (κ3) is 2.44. The van der Waals surface area contributed by atoms with Gasteiger partial charge in [0.25, 0.3) is 0 Å². The molecule has 16 heavy (non-hydrogen) atoms. The summed E-state index contributed by atoms with van der Waals surface area (Å²) in [6, 6.07) is 2.64. The Morgan fingerprint density at radius 1 is 1.31 bits per heavy atom. The standard InChI is InChI=1S/C8H5NO7/c10-7(11)4-1-2-6(16-8(12)13)5(3-4)9(14)15/h1-3H,(H,10,11)(H,12,13). The zero-order valence-electron chi connectivity index (χ0n) is 7.61. The lowest BCUT2D eigenvalue weighted by atomic mass is 10.2. The van der Waals surface area contributed by atoms with Gasteiger partial charge in [-0.25, -0.2) is 9.59 Å². The van der Waals surface area contributed by atoms with Crippen LogP contribution in [-0.2, 0) is 0 Å². The van der Waals surface area contributed by atoms with Crippen molar-refractivity contribution in [3.8, 4) is 5.75 Å². The minimum atomic E-state index is -1.72. The monoisotopic (exact) mass is 227 g/mol. The van der Waals surface area contributed by atoms with Crippen molar-refractivity contribution in [3.63, 3.8) is 0 Å². The Kier molecular flexibility index (Phi) is 3.04. The Hall–Kier alpha value is -2.64. The van der Waals surface area contributed by atoms with Crippen LogP contribution in [0.25, 0.3) is 0 Å². The molecule has 0 heterocycles. The Morgan fingerprint density at radius 3 is 2.38 bits per heavy atom. The van der Waals surface area contributed by atoms with Crippen LogP contribution in [0.2, 0.25) is 0 Å². The van der Waals surface area contributed by atoms with Crippen molar-refractivity contribution in [2.24, 2.45) is 0 Å². The molecule has 84 valence electrons. The summed E-state index contributed by atoms with van der Waals surface area (Å²) in [6.07, 6.45) is -1.72. The van der Waals surface area contributed by atoms with Gasteiger partial charge >= 0.3 is 17.8 Å². The molecule has 0 aliphatic heterocycles. The highest BCUT2D eigenvalue weighted by molar-refractivity contribution is 5.89. The quantitative estimate of drug-likeness (QED) is 0.345. The van der Waals surface area contributed by atoms with Gasteiger partial charge in [0.1, 0.15) is 0 Å². The molecule has 0 saturated heterocycles. The van der Waals surface area contributed by atoms with Crippen molar-refractivity contribution < 1.29 is 29.5 Å². The molecule has 0 amide bonds. The van der Waals surface area contributed by atoms with Crippen molar-refractivity contribution in [1.29, 1.82) is 0 Å². The van der Waals surface area contributed by atoms with Crippen LogP contribution < -0.4 is 4.74 Å². The van der Waals surface area contributed by atoms with Crippen LogP contribution >= 0.6 is 0 Å².